The standard InChI is InChI=1S/C20H31N3O4/c1-5-15(2)19(20(25)27-4)21-18(24)14-22-10-12-23(13-11-22)16-6-8-17(26-3)9-7-16/h6-9,15,19H,5,10-14H2,1-4H3,(H,21,24)/p+1/t15-,19+/m1/s1. The molecule has 1 fully saturated rings. The maximum absolute atomic E-state index is 12.4. The SMILES string of the molecule is CC[C@@H](C)[C@H](NC(=O)C[NH+]1CCN(c2ccc(OC)cc2)CC1)C(=O)OC. The number of piperazine rings is 1. The second-order valence-corrected chi connectivity index (χ2v) is 7.07. The maximum atomic E-state index is 12.4. The van der Waals surface area contributed by atoms with Crippen LogP contribution in [0.25, 0.3) is 0 Å². The number of hydrogen-bond acceptors (Lipinski definition) is 5. The molecule has 1 aliphatic rings. The number of nitrogens with zero attached hydrogens (tertiary/aromatic N) is 1. The highest BCUT2D eigenvalue weighted by Gasteiger charge is 2.29. The fourth-order valence-corrected chi connectivity index (χ4v) is 3.30. The van der Waals surface area contributed by atoms with Crippen LogP contribution in [0.15, 0.2) is 24.3 Å². The number of esters is 1. The first-order valence-electron chi connectivity index (χ1n) is 9.58. The number of nitrogens with one attached hydrogen (secondary N) is 2. The van der Waals surface area contributed by atoms with Gasteiger partial charge in [-0.15, -0.1) is 0 Å². The van der Waals surface area contributed by atoms with E-state index in [2.05, 4.69) is 22.3 Å². The molecule has 7 heteroatoms. The van der Waals surface area contributed by atoms with Gasteiger partial charge in [-0.2, -0.15) is 0 Å². The summed E-state index contributed by atoms with van der Waals surface area (Å²) in [7, 11) is 3.02. The molecule has 2 N–H and O–H groups in total. The van der Waals surface area contributed by atoms with Crippen LogP contribution in [0.4, 0.5) is 5.69 Å². The van der Waals surface area contributed by atoms with Crippen LogP contribution < -0.4 is 19.9 Å². The molecular formula is C20H32N3O4+. The van der Waals surface area contributed by atoms with Crippen molar-refractivity contribution in [2.24, 2.45) is 5.92 Å². The minimum absolute atomic E-state index is 0.0447. The minimum atomic E-state index is -0.576. The van der Waals surface area contributed by atoms with Crippen molar-refractivity contribution in [3.05, 3.63) is 24.3 Å². The van der Waals surface area contributed by atoms with Crippen molar-refractivity contribution in [1.82, 2.24) is 5.32 Å². The fraction of sp³-hybridized carbons (Fsp3) is 0.600. The summed E-state index contributed by atoms with van der Waals surface area (Å²) in [5.41, 5.74) is 1.17. The minimum Gasteiger partial charge on any atom is -0.497 e. The van der Waals surface area contributed by atoms with Crippen LogP contribution in [0.3, 0.4) is 0 Å². The van der Waals surface area contributed by atoms with Gasteiger partial charge < -0.3 is 24.6 Å². The molecule has 1 amide bonds. The Bertz CT molecular complexity index is 612. The van der Waals surface area contributed by atoms with Crippen molar-refractivity contribution in [3.8, 4) is 5.75 Å². The second kappa shape index (κ2) is 10.2. The van der Waals surface area contributed by atoms with E-state index in [1.54, 1.807) is 7.11 Å². The number of anilines is 1. The zero-order valence-electron chi connectivity index (χ0n) is 16.8. The Labute approximate surface area is 161 Å². The highest BCUT2D eigenvalue weighted by molar-refractivity contribution is 5.85. The predicted octanol–water partition coefficient (Wildman–Crippen LogP) is 0.104. The van der Waals surface area contributed by atoms with Gasteiger partial charge in [-0.1, -0.05) is 20.3 Å². The molecule has 2 atom stereocenters. The van der Waals surface area contributed by atoms with Crippen LogP contribution in [-0.4, -0.2) is 64.9 Å². The molecule has 2 rings (SSSR count). The molecule has 0 radical (unpaired) electrons. The van der Waals surface area contributed by atoms with E-state index in [-0.39, 0.29) is 17.8 Å². The molecule has 7 nitrogen and oxygen atoms in total. The number of methoxy groups -OCH3 is 2. The Morgan fingerprint density at radius 3 is 2.33 bits per heavy atom. The molecule has 1 heterocycles. The number of rotatable bonds is 8. The van der Waals surface area contributed by atoms with Gasteiger partial charge in [0.2, 0.25) is 0 Å². The normalized spacial score (nSPS) is 17.1. The average molecular weight is 378 g/mol. The first-order valence-corrected chi connectivity index (χ1v) is 9.58. The third-order valence-electron chi connectivity index (χ3n) is 5.30. The molecule has 1 saturated heterocycles. The van der Waals surface area contributed by atoms with Gasteiger partial charge >= 0.3 is 5.97 Å². The summed E-state index contributed by atoms with van der Waals surface area (Å²) >= 11 is 0. The van der Waals surface area contributed by atoms with Crippen molar-refractivity contribution >= 4 is 17.6 Å². The quantitative estimate of drug-likeness (QED) is 0.628. The van der Waals surface area contributed by atoms with Crippen molar-refractivity contribution in [1.29, 1.82) is 0 Å². The Kier molecular flexibility index (Phi) is 7.91. The molecule has 0 spiro atoms. The van der Waals surface area contributed by atoms with Crippen LogP contribution in [-0.2, 0) is 14.3 Å². The van der Waals surface area contributed by atoms with Crippen molar-refractivity contribution in [2.75, 3.05) is 51.8 Å². The Hall–Kier alpha value is -2.28. The molecule has 0 unspecified atom stereocenters. The third-order valence-corrected chi connectivity index (χ3v) is 5.30. The zero-order valence-corrected chi connectivity index (χ0v) is 16.8. The number of ether oxygens (including phenoxy) is 2. The van der Waals surface area contributed by atoms with Gasteiger partial charge in [-0.25, -0.2) is 4.79 Å². The monoisotopic (exact) mass is 378 g/mol. The van der Waals surface area contributed by atoms with E-state index in [9.17, 15) is 9.59 Å². The smallest absolute Gasteiger partial charge is 0.328 e. The summed E-state index contributed by atoms with van der Waals surface area (Å²) in [6, 6.07) is 7.47. The first kappa shape index (κ1) is 21.0. The van der Waals surface area contributed by atoms with Crippen molar-refractivity contribution in [2.45, 2.75) is 26.3 Å². The van der Waals surface area contributed by atoms with Gasteiger partial charge in [0.1, 0.15) is 11.8 Å². The summed E-state index contributed by atoms with van der Waals surface area (Å²) in [6.45, 7) is 7.86. The summed E-state index contributed by atoms with van der Waals surface area (Å²) in [6.07, 6.45) is 0.799. The molecule has 1 aromatic carbocycles. The molecular weight excluding hydrogens is 346 g/mol. The van der Waals surface area contributed by atoms with E-state index in [0.29, 0.717) is 6.54 Å². The van der Waals surface area contributed by atoms with Crippen molar-refractivity contribution in [3.63, 3.8) is 0 Å². The number of quaternary nitrogens is 1. The molecule has 1 aromatic rings. The summed E-state index contributed by atoms with van der Waals surface area (Å²) in [5.74, 6) is 0.417. The summed E-state index contributed by atoms with van der Waals surface area (Å²) in [4.78, 5) is 27.9. The average Bonchev–Trinajstić information content (AvgIpc) is 2.71. The van der Waals surface area contributed by atoms with Gasteiger partial charge in [-0.05, 0) is 30.2 Å². The second-order valence-electron chi connectivity index (χ2n) is 7.07. The number of hydrogen-bond donors (Lipinski definition) is 2. The Morgan fingerprint density at radius 1 is 1.19 bits per heavy atom. The largest absolute Gasteiger partial charge is 0.497 e. The third kappa shape index (κ3) is 5.85. The highest BCUT2D eigenvalue weighted by atomic mass is 16.5. The number of benzene rings is 1. The Balaban J connectivity index is 1.83. The lowest BCUT2D eigenvalue weighted by atomic mass is 9.99. The lowest BCUT2D eigenvalue weighted by Gasteiger charge is -2.33. The summed E-state index contributed by atoms with van der Waals surface area (Å²) in [5, 5.41) is 2.86. The van der Waals surface area contributed by atoms with Crippen LogP contribution in [0.5, 0.6) is 5.75 Å². The van der Waals surface area contributed by atoms with E-state index in [1.807, 2.05) is 26.0 Å². The molecule has 0 bridgehead atoms. The van der Waals surface area contributed by atoms with Gasteiger partial charge in [0, 0.05) is 5.69 Å². The molecule has 27 heavy (non-hydrogen) atoms. The molecule has 0 aliphatic carbocycles. The molecule has 150 valence electrons. The van der Waals surface area contributed by atoms with Crippen LogP contribution in [0, 0.1) is 5.92 Å². The number of carbonyl (C=O) groups is 2. The maximum Gasteiger partial charge on any atom is 0.328 e. The highest BCUT2D eigenvalue weighted by Crippen LogP contribution is 2.18. The lowest BCUT2D eigenvalue weighted by molar-refractivity contribution is -0.892. The van der Waals surface area contributed by atoms with Crippen LogP contribution >= 0.6 is 0 Å². The fourth-order valence-electron chi connectivity index (χ4n) is 3.30. The van der Waals surface area contributed by atoms with E-state index < -0.39 is 6.04 Å². The molecule has 0 saturated carbocycles. The van der Waals surface area contributed by atoms with Crippen LogP contribution in [0.1, 0.15) is 20.3 Å². The number of amides is 1. The van der Waals surface area contributed by atoms with Gasteiger partial charge in [-0.3, -0.25) is 4.79 Å². The van der Waals surface area contributed by atoms with E-state index in [1.165, 1.54) is 17.7 Å². The van der Waals surface area contributed by atoms with E-state index in [4.69, 9.17) is 9.47 Å². The predicted molar refractivity (Wildman–Crippen MR) is 104 cm³/mol. The van der Waals surface area contributed by atoms with Crippen molar-refractivity contribution < 1.29 is 24.0 Å². The van der Waals surface area contributed by atoms with E-state index >= 15 is 0 Å². The number of carbonyl (C=O) groups excluding carboxylic acids is 2. The van der Waals surface area contributed by atoms with Gasteiger partial charge in [0.05, 0.1) is 40.4 Å². The van der Waals surface area contributed by atoms with E-state index in [0.717, 1.165) is 38.3 Å². The molecule has 0 aromatic heterocycles. The van der Waals surface area contributed by atoms with Crippen LogP contribution in [0.2, 0.25) is 0 Å². The van der Waals surface area contributed by atoms with Gasteiger partial charge in [0.25, 0.3) is 5.91 Å². The first-order chi connectivity index (χ1) is 13.0. The Morgan fingerprint density at radius 2 is 1.81 bits per heavy atom. The zero-order chi connectivity index (χ0) is 19.8. The van der Waals surface area contributed by atoms with Gasteiger partial charge in [0.15, 0.2) is 6.54 Å². The summed E-state index contributed by atoms with van der Waals surface area (Å²) < 4.78 is 10.0. The molecule has 1 aliphatic heterocycles. The topological polar surface area (TPSA) is 72.3 Å². The lowest BCUT2D eigenvalue weighted by Crippen LogP contribution is -3.16.